The van der Waals surface area contributed by atoms with Gasteiger partial charge in [-0.05, 0) is 0 Å². The molecule has 0 aliphatic rings. The molecule has 0 heterocycles. The Bertz CT molecular complexity index is 5.80. The van der Waals surface area contributed by atoms with Crippen molar-refractivity contribution in [2.75, 3.05) is 0 Å². The molecule has 0 bridgehead atoms. The maximum Gasteiger partial charge on any atom is 0 e. The quantitative estimate of drug-likeness (QED) is 0.232. The summed E-state index contributed by atoms with van der Waals surface area (Å²) in [5, 5.41) is 0. The molecule has 21 heteroatoms. The predicted octanol–water partition coefficient (Wildman–Crippen LogP) is 8.43. The molecular weight excluding hydrogens is 768 g/mol. The van der Waals surface area contributed by atoms with Gasteiger partial charge in [-0.2, -0.15) is 0 Å². The van der Waals surface area contributed by atoms with Crippen LogP contribution >= 0.6 is 248 Å². The SMILES string of the molecule is Cl.Cl.Cl.Cl.Cl.Cl.Cl.Cl.Cl.Cl.Cl.Cl.Cl.Cl.Cl.Cl.Cl.Cl.Cl.Cl.[Co]. The summed E-state index contributed by atoms with van der Waals surface area (Å²) in [6, 6.07) is 0. The second kappa shape index (κ2) is 424. The Morgan fingerprint density at radius 3 is 0.0952 bits per heavy atom. The third-order valence-electron chi connectivity index (χ3n) is 0. The summed E-state index contributed by atoms with van der Waals surface area (Å²) in [6.45, 7) is 0. The van der Waals surface area contributed by atoms with Crippen molar-refractivity contribution in [1.82, 2.24) is 0 Å². The third kappa shape index (κ3) is 391. The fourth-order valence-electron chi connectivity index (χ4n) is 0. The van der Waals surface area contributed by atoms with Crippen molar-refractivity contribution in [3.05, 3.63) is 0 Å². The molecular formula is H20Cl20Co. The maximum atomic E-state index is 0. The molecule has 0 fully saturated rings. The predicted molar refractivity (Wildman–Crippen MR) is 145 cm³/mol. The minimum Gasteiger partial charge on any atom is -0.147 e. The minimum atomic E-state index is 0. The van der Waals surface area contributed by atoms with Gasteiger partial charge in [-0.1, -0.05) is 0 Å². The zero-order valence-electron chi connectivity index (χ0n) is 8.50. The average Bonchev–Trinajstić information content (AvgIpc) is 0. The van der Waals surface area contributed by atoms with E-state index in [-0.39, 0.29) is 265 Å². The first-order chi connectivity index (χ1) is 0. The minimum absolute atomic E-state index is 0. The first kappa shape index (κ1) is 475. The Kier molecular flexibility index (Phi) is 9580. The summed E-state index contributed by atoms with van der Waals surface area (Å²) >= 11 is 0. The normalized spacial score (nSPS) is 0. The molecule has 0 nitrogen and oxygen atoms in total. The van der Waals surface area contributed by atoms with E-state index in [9.17, 15) is 0 Å². The Morgan fingerprint density at radius 1 is 0.0952 bits per heavy atom. The Hall–Kier alpha value is 6.31. The summed E-state index contributed by atoms with van der Waals surface area (Å²) in [7, 11) is 0. The van der Waals surface area contributed by atoms with E-state index in [0.717, 1.165) is 0 Å². The molecule has 0 atom stereocenters. The van der Waals surface area contributed by atoms with Gasteiger partial charge in [0.05, 0.1) is 0 Å². The zero-order valence-corrected chi connectivity index (χ0v) is 25.9. The van der Waals surface area contributed by atoms with Crippen molar-refractivity contribution >= 4 is 248 Å². The largest absolute Gasteiger partial charge is 0.147 e. The molecule has 0 aliphatic carbocycles. The number of rotatable bonds is 0. The monoisotopic (exact) mass is 778 g/mol. The van der Waals surface area contributed by atoms with Gasteiger partial charge in [-0.15, -0.1) is 248 Å². The topological polar surface area (TPSA) is 0 Å². The zero-order chi connectivity index (χ0) is 0. The summed E-state index contributed by atoms with van der Waals surface area (Å²) in [6.07, 6.45) is 0. The maximum absolute atomic E-state index is 0. The fraction of sp³-hybridized carbons (Fsp3) is 0. The molecule has 0 rings (SSSR count). The van der Waals surface area contributed by atoms with Crippen LogP contribution in [0.4, 0.5) is 0 Å². The standard InChI is InChI=1S/20ClH.Co/h20*1H;. The molecule has 0 amide bonds. The fourth-order valence-corrected chi connectivity index (χ4v) is 0. The van der Waals surface area contributed by atoms with Crippen molar-refractivity contribution < 1.29 is 16.8 Å². The second-order valence-electron chi connectivity index (χ2n) is 0. The van der Waals surface area contributed by atoms with Gasteiger partial charge in [0, 0.05) is 16.8 Å². The van der Waals surface area contributed by atoms with E-state index in [1.807, 2.05) is 0 Å². The first-order valence-electron chi connectivity index (χ1n) is 0. The van der Waals surface area contributed by atoms with E-state index in [1.165, 1.54) is 0 Å². The van der Waals surface area contributed by atoms with Crippen LogP contribution in [0.25, 0.3) is 0 Å². The summed E-state index contributed by atoms with van der Waals surface area (Å²) < 4.78 is 0. The van der Waals surface area contributed by atoms with Crippen molar-refractivity contribution in [2.45, 2.75) is 0 Å². The van der Waals surface area contributed by atoms with E-state index in [1.54, 1.807) is 0 Å². The van der Waals surface area contributed by atoms with Crippen molar-refractivity contribution in [2.24, 2.45) is 0 Å². The van der Waals surface area contributed by atoms with Crippen LogP contribution in [-0.2, 0) is 16.8 Å². The van der Waals surface area contributed by atoms with Gasteiger partial charge in [0.1, 0.15) is 0 Å². The van der Waals surface area contributed by atoms with Gasteiger partial charge in [-0.25, -0.2) is 0 Å². The van der Waals surface area contributed by atoms with Gasteiger partial charge in [-0.3, -0.25) is 0 Å². The van der Waals surface area contributed by atoms with E-state index in [0.29, 0.717) is 0 Å². The number of hydrogen-bond donors (Lipinski definition) is 0. The molecule has 0 N–H and O–H groups in total. The summed E-state index contributed by atoms with van der Waals surface area (Å²) in [5.74, 6) is 0. The molecule has 0 aliphatic heterocycles. The molecule has 1 radical (unpaired) electrons. The molecule has 21 heavy (non-hydrogen) atoms. The van der Waals surface area contributed by atoms with Gasteiger partial charge in [0.2, 0.25) is 0 Å². The Balaban J connectivity index is 0. The Morgan fingerprint density at radius 2 is 0.0952 bits per heavy atom. The smallest absolute Gasteiger partial charge is 0 e. The molecule has 0 aromatic carbocycles. The van der Waals surface area contributed by atoms with Crippen LogP contribution in [0.15, 0.2) is 0 Å². The van der Waals surface area contributed by atoms with Crippen LogP contribution in [0.2, 0.25) is 0 Å². The third-order valence-corrected chi connectivity index (χ3v) is 0. The van der Waals surface area contributed by atoms with Gasteiger partial charge >= 0.3 is 0 Å². The van der Waals surface area contributed by atoms with Gasteiger partial charge < -0.3 is 0 Å². The molecule has 169 valence electrons. The van der Waals surface area contributed by atoms with Gasteiger partial charge in [0.15, 0.2) is 0 Å². The van der Waals surface area contributed by atoms with E-state index < -0.39 is 0 Å². The van der Waals surface area contributed by atoms with Crippen molar-refractivity contribution in [3.63, 3.8) is 0 Å². The van der Waals surface area contributed by atoms with Crippen molar-refractivity contribution in [3.8, 4) is 0 Å². The molecule has 0 aromatic rings. The Labute approximate surface area is 261 Å². The van der Waals surface area contributed by atoms with Crippen LogP contribution in [0.1, 0.15) is 0 Å². The summed E-state index contributed by atoms with van der Waals surface area (Å²) in [5.41, 5.74) is 0. The van der Waals surface area contributed by atoms with Crippen molar-refractivity contribution in [1.29, 1.82) is 0 Å². The molecule has 0 spiro atoms. The second-order valence-corrected chi connectivity index (χ2v) is 0. The average molecular weight is 788 g/mol. The van der Waals surface area contributed by atoms with E-state index in [4.69, 9.17) is 0 Å². The molecule has 0 saturated carbocycles. The summed E-state index contributed by atoms with van der Waals surface area (Å²) in [4.78, 5) is 0. The van der Waals surface area contributed by atoms with Gasteiger partial charge in [0.25, 0.3) is 0 Å². The van der Waals surface area contributed by atoms with Crippen LogP contribution in [0.5, 0.6) is 0 Å². The number of halogens is 20. The van der Waals surface area contributed by atoms with E-state index in [2.05, 4.69) is 0 Å². The molecule has 0 saturated heterocycles. The van der Waals surface area contributed by atoms with Crippen LogP contribution in [0.3, 0.4) is 0 Å². The van der Waals surface area contributed by atoms with Crippen LogP contribution < -0.4 is 0 Å². The molecule has 0 aromatic heterocycles. The van der Waals surface area contributed by atoms with Crippen LogP contribution in [-0.4, -0.2) is 0 Å². The number of hydrogen-bond acceptors (Lipinski definition) is 0. The van der Waals surface area contributed by atoms with E-state index >= 15 is 0 Å². The molecule has 0 unspecified atom stereocenters. The first-order valence-corrected chi connectivity index (χ1v) is 0. The van der Waals surface area contributed by atoms with Crippen LogP contribution in [0, 0.1) is 0 Å².